The summed E-state index contributed by atoms with van der Waals surface area (Å²) in [7, 11) is 1.63. The van der Waals surface area contributed by atoms with Gasteiger partial charge in [0.2, 0.25) is 5.91 Å². The number of hydrogen-bond donors (Lipinski definition) is 1. The van der Waals surface area contributed by atoms with Crippen LogP contribution in [0.5, 0.6) is 5.75 Å². The summed E-state index contributed by atoms with van der Waals surface area (Å²) in [6.45, 7) is 1.38. The number of carbonyl (C=O) groups is 1. The first-order valence-corrected chi connectivity index (χ1v) is 10.6. The normalized spacial score (nSPS) is 16.0. The van der Waals surface area contributed by atoms with E-state index in [0.29, 0.717) is 21.7 Å². The van der Waals surface area contributed by atoms with Crippen LogP contribution in [-0.4, -0.2) is 45.5 Å². The third-order valence-corrected chi connectivity index (χ3v) is 6.16. The van der Waals surface area contributed by atoms with Crippen LogP contribution in [0, 0.1) is 0 Å². The zero-order valence-electron chi connectivity index (χ0n) is 16.2. The van der Waals surface area contributed by atoms with Gasteiger partial charge in [0.05, 0.1) is 30.3 Å². The van der Waals surface area contributed by atoms with E-state index in [1.807, 2.05) is 28.8 Å². The van der Waals surface area contributed by atoms with Gasteiger partial charge >= 0.3 is 0 Å². The molecule has 1 unspecified atom stereocenters. The summed E-state index contributed by atoms with van der Waals surface area (Å²) in [5, 5.41) is 10.3. The first-order chi connectivity index (χ1) is 14.5. The van der Waals surface area contributed by atoms with E-state index in [0.717, 1.165) is 36.6 Å². The van der Waals surface area contributed by atoms with Gasteiger partial charge in [0.25, 0.3) is 0 Å². The first kappa shape index (κ1) is 20.6. The Bertz CT molecular complexity index is 1050. The van der Waals surface area contributed by atoms with E-state index >= 15 is 0 Å². The number of ether oxygens (including phenoxy) is 2. The van der Waals surface area contributed by atoms with Crippen LogP contribution < -0.4 is 10.5 Å². The molecule has 4 rings (SSSR count). The monoisotopic (exact) mass is 445 g/mol. The Labute approximate surface area is 182 Å². The molecule has 0 aliphatic carbocycles. The molecule has 2 aromatic heterocycles. The van der Waals surface area contributed by atoms with Crippen molar-refractivity contribution in [3.8, 4) is 17.1 Å². The van der Waals surface area contributed by atoms with Crippen molar-refractivity contribution in [3.63, 3.8) is 0 Å². The molecule has 0 spiro atoms. The van der Waals surface area contributed by atoms with E-state index in [-0.39, 0.29) is 11.7 Å². The van der Waals surface area contributed by atoms with Crippen molar-refractivity contribution in [2.45, 2.75) is 35.7 Å². The number of benzene rings is 1. The zero-order valence-corrected chi connectivity index (χ0v) is 17.8. The average Bonchev–Trinajstić information content (AvgIpc) is 3.40. The number of nitrogens with two attached hydrogens (primary N) is 1. The van der Waals surface area contributed by atoms with E-state index in [9.17, 15) is 4.79 Å². The van der Waals surface area contributed by atoms with Crippen LogP contribution >= 0.6 is 23.4 Å². The minimum absolute atomic E-state index is 0.0954. The highest BCUT2D eigenvalue weighted by atomic mass is 35.5. The Balaban J connectivity index is 1.68. The van der Waals surface area contributed by atoms with E-state index in [1.165, 1.54) is 24.0 Å². The fourth-order valence-electron chi connectivity index (χ4n) is 3.20. The Morgan fingerprint density at radius 1 is 1.37 bits per heavy atom. The highest BCUT2D eigenvalue weighted by molar-refractivity contribution is 7.99. The lowest BCUT2D eigenvalue weighted by Gasteiger charge is -2.15. The molecule has 1 atom stereocenters. The molecule has 1 fully saturated rings. The number of rotatable bonds is 7. The van der Waals surface area contributed by atoms with Gasteiger partial charge in [-0.3, -0.25) is 9.36 Å². The fourth-order valence-corrected chi connectivity index (χ4v) is 4.27. The molecular formula is C20H20ClN5O3S. The standard InChI is InChI=1S/C20H20ClN5O3S/c1-28-14-6-4-12(5-7-14)18-24-25-20(26(18)11-15-3-2-8-29-15)30-19-16(21)9-13(10-23-19)17(22)27/h4-7,9-10,15H,2-3,8,11H2,1H3,(H2,22,27). The Morgan fingerprint density at radius 2 is 2.17 bits per heavy atom. The SMILES string of the molecule is COc1ccc(-c2nnc(Sc3ncc(C(N)=O)cc3Cl)n2CC2CCCO2)cc1. The molecular weight excluding hydrogens is 426 g/mol. The van der Waals surface area contributed by atoms with Gasteiger partial charge in [0.15, 0.2) is 11.0 Å². The van der Waals surface area contributed by atoms with Crippen molar-refractivity contribution in [2.24, 2.45) is 5.73 Å². The quantitative estimate of drug-likeness (QED) is 0.593. The van der Waals surface area contributed by atoms with Crippen molar-refractivity contribution in [1.29, 1.82) is 0 Å². The van der Waals surface area contributed by atoms with Crippen LogP contribution in [0.1, 0.15) is 23.2 Å². The number of methoxy groups -OCH3 is 1. The van der Waals surface area contributed by atoms with Crippen LogP contribution in [-0.2, 0) is 11.3 Å². The minimum Gasteiger partial charge on any atom is -0.497 e. The molecule has 0 bridgehead atoms. The van der Waals surface area contributed by atoms with Crippen LogP contribution in [0.25, 0.3) is 11.4 Å². The van der Waals surface area contributed by atoms with Gasteiger partial charge in [0, 0.05) is 18.4 Å². The molecule has 0 radical (unpaired) electrons. The van der Waals surface area contributed by atoms with Gasteiger partial charge in [-0.1, -0.05) is 11.6 Å². The predicted molar refractivity (Wildman–Crippen MR) is 113 cm³/mol. The van der Waals surface area contributed by atoms with Gasteiger partial charge in [-0.15, -0.1) is 10.2 Å². The second-order valence-electron chi connectivity index (χ2n) is 6.76. The molecule has 1 aromatic carbocycles. The average molecular weight is 446 g/mol. The van der Waals surface area contributed by atoms with Gasteiger partial charge in [-0.05, 0) is 54.9 Å². The van der Waals surface area contributed by atoms with E-state index in [1.54, 1.807) is 7.11 Å². The lowest BCUT2D eigenvalue weighted by molar-refractivity contribution is 0.0953. The van der Waals surface area contributed by atoms with Crippen LogP contribution in [0.3, 0.4) is 0 Å². The summed E-state index contributed by atoms with van der Waals surface area (Å²) >= 11 is 7.60. The summed E-state index contributed by atoms with van der Waals surface area (Å²) in [5.41, 5.74) is 6.46. The Kier molecular flexibility index (Phi) is 6.21. The molecule has 3 heterocycles. The molecule has 30 heavy (non-hydrogen) atoms. The number of halogens is 1. The molecule has 3 aromatic rings. The van der Waals surface area contributed by atoms with Crippen molar-refractivity contribution in [3.05, 3.63) is 47.1 Å². The van der Waals surface area contributed by atoms with Gasteiger partial charge in [-0.2, -0.15) is 0 Å². The molecule has 1 amide bonds. The molecule has 156 valence electrons. The number of primary amides is 1. The zero-order chi connectivity index (χ0) is 21.1. The van der Waals surface area contributed by atoms with Crippen LogP contribution in [0.15, 0.2) is 46.7 Å². The van der Waals surface area contributed by atoms with Crippen LogP contribution in [0.4, 0.5) is 0 Å². The van der Waals surface area contributed by atoms with Crippen molar-refractivity contribution in [2.75, 3.05) is 13.7 Å². The largest absolute Gasteiger partial charge is 0.497 e. The summed E-state index contributed by atoms with van der Waals surface area (Å²) in [6.07, 6.45) is 3.52. The van der Waals surface area contributed by atoms with Crippen molar-refractivity contribution >= 4 is 29.3 Å². The fraction of sp³-hybridized carbons (Fsp3) is 0.300. The van der Waals surface area contributed by atoms with Crippen molar-refractivity contribution in [1.82, 2.24) is 19.7 Å². The number of amides is 1. The number of aromatic nitrogens is 4. The van der Waals surface area contributed by atoms with E-state index in [2.05, 4.69) is 15.2 Å². The maximum absolute atomic E-state index is 11.3. The summed E-state index contributed by atoms with van der Waals surface area (Å²) in [4.78, 5) is 15.6. The van der Waals surface area contributed by atoms with E-state index < -0.39 is 5.91 Å². The predicted octanol–water partition coefficient (Wildman–Crippen LogP) is 3.43. The van der Waals surface area contributed by atoms with Crippen molar-refractivity contribution < 1.29 is 14.3 Å². The maximum atomic E-state index is 11.3. The number of pyridine rings is 1. The second-order valence-corrected chi connectivity index (χ2v) is 8.12. The number of hydrogen-bond acceptors (Lipinski definition) is 7. The highest BCUT2D eigenvalue weighted by Crippen LogP contribution is 2.34. The topological polar surface area (TPSA) is 105 Å². The van der Waals surface area contributed by atoms with Gasteiger partial charge in [0.1, 0.15) is 10.8 Å². The van der Waals surface area contributed by atoms with E-state index in [4.69, 9.17) is 26.8 Å². The molecule has 1 aliphatic heterocycles. The second kappa shape index (κ2) is 9.03. The smallest absolute Gasteiger partial charge is 0.250 e. The molecule has 2 N–H and O–H groups in total. The highest BCUT2D eigenvalue weighted by Gasteiger charge is 2.23. The third-order valence-electron chi connectivity index (χ3n) is 4.76. The lowest BCUT2D eigenvalue weighted by Crippen LogP contribution is -2.16. The summed E-state index contributed by atoms with van der Waals surface area (Å²) < 4.78 is 13.1. The van der Waals surface area contributed by atoms with Crippen LogP contribution in [0.2, 0.25) is 5.02 Å². The van der Waals surface area contributed by atoms with Gasteiger partial charge < -0.3 is 15.2 Å². The maximum Gasteiger partial charge on any atom is 0.250 e. The summed E-state index contributed by atoms with van der Waals surface area (Å²) in [6, 6.07) is 9.15. The number of nitrogens with zero attached hydrogens (tertiary/aromatic N) is 4. The molecule has 8 nitrogen and oxygen atoms in total. The first-order valence-electron chi connectivity index (χ1n) is 9.37. The molecule has 1 saturated heterocycles. The molecule has 10 heteroatoms. The minimum atomic E-state index is -0.579. The number of carbonyl (C=O) groups excluding carboxylic acids is 1. The van der Waals surface area contributed by atoms with Gasteiger partial charge in [-0.25, -0.2) is 4.98 Å². The third kappa shape index (κ3) is 4.43. The summed E-state index contributed by atoms with van der Waals surface area (Å²) in [5.74, 6) is 0.911. The lowest BCUT2D eigenvalue weighted by atomic mass is 10.2. The molecule has 1 aliphatic rings. The Hall–Kier alpha value is -2.62. The Morgan fingerprint density at radius 3 is 2.80 bits per heavy atom. The molecule has 0 saturated carbocycles.